The van der Waals surface area contributed by atoms with E-state index in [9.17, 15) is 0 Å². The molecule has 2 unspecified atom stereocenters. The Morgan fingerprint density at radius 1 is 0.810 bits per heavy atom. The van der Waals surface area contributed by atoms with Gasteiger partial charge in [0.1, 0.15) is 0 Å². The SMILES string of the molecule is COC[SiH](CC(C[Si](OC)(OC)OC)[SiH](OC)OC)OC. The van der Waals surface area contributed by atoms with Gasteiger partial charge in [-0.2, -0.15) is 0 Å². The van der Waals surface area contributed by atoms with E-state index in [1.807, 2.05) is 0 Å². The second-order valence-corrected chi connectivity index (χ2v) is 12.8. The summed E-state index contributed by atoms with van der Waals surface area (Å²) in [6, 6.07) is 1.54. The third-order valence-electron chi connectivity index (χ3n) is 3.55. The van der Waals surface area contributed by atoms with Crippen molar-refractivity contribution in [3.05, 3.63) is 0 Å². The first-order valence-corrected chi connectivity index (χ1v) is 12.4. The number of ether oxygens (including phenoxy) is 1. The average Bonchev–Trinajstić information content (AvgIpc) is 2.52. The zero-order valence-corrected chi connectivity index (χ0v) is 17.5. The Morgan fingerprint density at radius 2 is 1.33 bits per heavy atom. The molecule has 0 aromatic carbocycles. The standard InChI is InChI=1S/C11H30O7Si3/c1-12-10-19(13-2)8-11(20(14-3)15-4)9-21(16-5,17-6)18-7/h11,19-20H,8-10H2,1-7H3. The highest BCUT2D eigenvalue weighted by atomic mass is 28.4. The minimum Gasteiger partial charge on any atom is -0.421 e. The van der Waals surface area contributed by atoms with Crippen LogP contribution >= 0.6 is 0 Å². The molecule has 0 amide bonds. The quantitative estimate of drug-likeness (QED) is 0.439. The van der Waals surface area contributed by atoms with Crippen molar-refractivity contribution in [2.24, 2.45) is 0 Å². The maximum absolute atomic E-state index is 5.59. The Labute approximate surface area is 132 Å². The van der Waals surface area contributed by atoms with Gasteiger partial charge in [0.05, 0.1) is 6.23 Å². The number of hydrogen-bond acceptors (Lipinski definition) is 7. The Balaban J connectivity index is 5.03. The van der Waals surface area contributed by atoms with Crippen LogP contribution in [-0.2, 0) is 31.3 Å². The molecule has 0 rings (SSSR count). The summed E-state index contributed by atoms with van der Waals surface area (Å²) in [5.74, 6) is 0. The van der Waals surface area contributed by atoms with Crippen molar-refractivity contribution in [2.75, 3.05) is 56.0 Å². The van der Waals surface area contributed by atoms with Crippen molar-refractivity contribution in [1.29, 1.82) is 0 Å². The summed E-state index contributed by atoms with van der Waals surface area (Å²) in [4.78, 5) is 0. The van der Waals surface area contributed by atoms with Gasteiger partial charge < -0.3 is 31.3 Å². The van der Waals surface area contributed by atoms with Crippen LogP contribution in [0.2, 0.25) is 17.6 Å². The molecule has 0 heterocycles. The average molecular weight is 359 g/mol. The van der Waals surface area contributed by atoms with Crippen molar-refractivity contribution in [1.82, 2.24) is 0 Å². The van der Waals surface area contributed by atoms with Crippen LogP contribution in [0.5, 0.6) is 0 Å². The lowest BCUT2D eigenvalue weighted by Gasteiger charge is -2.32. The summed E-state index contributed by atoms with van der Waals surface area (Å²) < 4.78 is 38.5. The number of hydrogen-bond donors (Lipinski definition) is 0. The van der Waals surface area contributed by atoms with Crippen LogP contribution in [0, 0.1) is 0 Å². The van der Waals surface area contributed by atoms with Gasteiger partial charge in [-0.15, -0.1) is 0 Å². The fourth-order valence-electron chi connectivity index (χ4n) is 2.35. The summed E-state index contributed by atoms with van der Waals surface area (Å²) >= 11 is 0. The summed E-state index contributed by atoms with van der Waals surface area (Å²) in [6.07, 6.45) is 0.656. The van der Waals surface area contributed by atoms with Gasteiger partial charge >= 0.3 is 18.1 Å². The molecular formula is C11H30O7Si3. The first kappa shape index (κ1) is 21.4. The highest BCUT2D eigenvalue weighted by Crippen LogP contribution is 2.31. The first-order valence-electron chi connectivity index (χ1n) is 6.79. The molecule has 0 bridgehead atoms. The summed E-state index contributed by atoms with van der Waals surface area (Å²) in [5, 5.41) is 0. The molecule has 10 heteroatoms. The van der Waals surface area contributed by atoms with E-state index in [1.165, 1.54) is 0 Å². The maximum atomic E-state index is 5.59. The largest absolute Gasteiger partial charge is 0.500 e. The van der Waals surface area contributed by atoms with Gasteiger partial charge in [-0.1, -0.05) is 0 Å². The van der Waals surface area contributed by atoms with Gasteiger partial charge in [0.25, 0.3) is 0 Å². The van der Waals surface area contributed by atoms with E-state index in [0.717, 1.165) is 6.04 Å². The van der Waals surface area contributed by atoms with Crippen molar-refractivity contribution < 1.29 is 31.3 Å². The van der Waals surface area contributed by atoms with Crippen molar-refractivity contribution in [3.63, 3.8) is 0 Å². The lowest BCUT2D eigenvalue weighted by atomic mass is 10.5. The lowest BCUT2D eigenvalue weighted by Crippen LogP contribution is -2.47. The van der Waals surface area contributed by atoms with Crippen LogP contribution in [0.3, 0.4) is 0 Å². The molecule has 21 heavy (non-hydrogen) atoms. The van der Waals surface area contributed by atoms with Crippen LogP contribution in [0.1, 0.15) is 0 Å². The van der Waals surface area contributed by atoms with E-state index in [0.29, 0.717) is 12.3 Å². The zero-order chi connectivity index (χ0) is 16.3. The molecular weight excluding hydrogens is 328 g/mol. The Kier molecular flexibility index (Phi) is 12.1. The molecule has 0 aliphatic heterocycles. The van der Waals surface area contributed by atoms with E-state index in [-0.39, 0.29) is 5.54 Å². The third kappa shape index (κ3) is 6.99. The Bertz CT molecular complexity index is 244. The highest BCUT2D eigenvalue weighted by Gasteiger charge is 2.44. The summed E-state index contributed by atoms with van der Waals surface area (Å²) in [6.45, 7) is 0. The molecule has 7 nitrogen and oxygen atoms in total. The van der Waals surface area contributed by atoms with E-state index in [4.69, 9.17) is 31.3 Å². The van der Waals surface area contributed by atoms with E-state index in [2.05, 4.69) is 0 Å². The van der Waals surface area contributed by atoms with Crippen molar-refractivity contribution >= 4 is 27.1 Å². The molecule has 0 aromatic rings. The summed E-state index contributed by atoms with van der Waals surface area (Å²) in [7, 11) is 5.64. The first-order chi connectivity index (χ1) is 10.1. The smallest absolute Gasteiger partial charge is 0.421 e. The van der Waals surface area contributed by atoms with Gasteiger partial charge in [0, 0.05) is 61.4 Å². The van der Waals surface area contributed by atoms with Crippen LogP contribution in [0.15, 0.2) is 0 Å². The fraction of sp³-hybridized carbons (Fsp3) is 1.00. The molecule has 0 fully saturated rings. The van der Waals surface area contributed by atoms with E-state index < -0.39 is 27.1 Å². The van der Waals surface area contributed by atoms with Crippen LogP contribution in [-0.4, -0.2) is 83.1 Å². The molecule has 0 aromatic heterocycles. The van der Waals surface area contributed by atoms with Gasteiger partial charge in [0.15, 0.2) is 0 Å². The van der Waals surface area contributed by atoms with Crippen molar-refractivity contribution in [3.8, 4) is 0 Å². The van der Waals surface area contributed by atoms with E-state index >= 15 is 0 Å². The van der Waals surface area contributed by atoms with E-state index in [1.54, 1.807) is 49.8 Å². The molecule has 0 radical (unpaired) electrons. The minimum absolute atomic E-state index is 0.193. The molecule has 0 spiro atoms. The molecule has 0 saturated heterocycles. The van der Waals surface area contributed by atoms with Crippen LogP contribution in [0.4, 0.5) is 0 Å². The zero-order valence-electron chi connectivity index (χ0n) is 14.2. The van der Waals surface area contributed by atoms with Gasteiger partial charge in [-0.3, -0.25) is 0 Å². The van der Waals surface area contributed by atoms with Crippen LogP contribution in [0.25, 0.3) is 0 Å². The molecule has 0 N–H and O–H groups in total. The summed E-state index contributed by atoms with van der Waals surface area (Å²) in [5.41, 5.74) is 0.193. The second kappa shape index (κ2) is 11.9. The maximum Gasteiger partial charge on any atom is 0.500 e. The Morgan fingerprint density at radius 3 is 1.67 bits per heavy atom. The Hall–Kier alpha value is 0.371. The van der Waals surface area contributed by atoms with Crippen LogP contribution < -0.4 is 0 Å². The monoisotopic (exact) mass is 358 g/mol. The lowest BCUT2D eigenvalue weighted by molar-refractivity contribution is 0.121. The van der Waals surface area contributed by atoms with Gasteiger partial charge in [0.2, 0.25) is 9.04 Å². The molecule has 0 aliphatic rings. The highest BCUT2D eigenvalue weighted by molar-refractivity contribution is 6.64. The second-order valence-electron chi connectivity index (χ2n) is 4.65. The number of methoxy groups -OCH3 is 1. The predicted molar refractivity (Wildman–Crippen MR) is 87.3 cm³/mol. The minimum atomic E-state index is -2.68. The number of rotatable bonds is 13. The normalized spacial score (nSPS) is 15.4. The van der Waals surface area contributed by atoms with Gasteiger partial charge in [-0.05, 0) is 6.04 Å². The fourth-order valence-corrected chi connectivity index (χ4v) is 10.6. The van der Waals surface area contributed by atoms with Gasteiger partial charge in [-0.25, -0.2) is 0 Å². The predicted octanol–water partition coefficient (Wildman–Crippen LogP) is 0.304. The molecule has 0 aliphatic carbocycles. The topological polar surface area (TPSA) is 64.6 Å². The molecule has 0 saturated carbocycles. The third-order valence-corrected chi connectivity index (χ3v) is 12.2. The molecule has 128 valence electrons. The van der Waals surface area contributed by atoms with Crippen molar-refractivity contribution in [2.45, 2.75) is 17.6 Å². The molecule has 2 atom stereocenters.